The van der Waals surface area contributed by atoms with Crippen LogP contribution in [0.3, 0.4) is 0 Å². The summed E-state index contributed by atoms with van der Waals surface area (Å²) in [5, 5.41) is 6.99. The molecule has 9 heteroatoms. The predicted molar refractivity (Wildman–Crippen MR) is 119 cm³/mol. The van der Waals surface area contributed by atoms with Crippen LogP contribution in [0.5, 0.6) is 0 Å². The van der Waals surface area contributed by atoms with Crippen molar-refractivity contribution in [2.24, 2.45) is 0 Å². The van der Waals surface area contributed by atoms with Crippen molar-refractivity contribution >= 4 is 23.5 Å². The van der Waals surface area contributed by atoms with Crippen LogP contribution in [0.25, 0.3) is 5.69 Å². The molecule has 33 heavy (non-hydrogen) atoms. The molecule has 1 amide bonds. The fourth-order valence-corrected chi connectivity index (χ4v) is 3.33. The van der Waals surface area contributed by atoms with E-state index in [-0.39, 0.29) is 23.6 Å². The molecule has 0 atom stereocenters. The molecule has 1 heterocycles. The molecule has 0 saturated carbocycles. The van der Waals surface area contributed by atoms with Gasteiger partial charge in [-0.25, -0.2) is 13.9 Å². The number of hydrogen-bond donors (Lipinski definition) is 1. The number of aromatic nitrogens is 2. The second-order valence-electron chi connectivity index (χ2n) is 7.32. The van der Waals surface area contributed by atoms with Crippen molar-refractivity contribution in [2.45, 2.75) is 26.7 Å². The monoisotopic (exact) mass is 453 g/mol. The molecular formula is C24H24FN3O5. The fraction of sp³-hybridized carbons (Fsp3) is 0.250. The number of methoxy groups -OCH3 is 1. The van der Waals surface area contributed by atoms with Crippen LogP contribution >= 0.6 is 0 Å². The molecule has 0 bridgehead atoms. The minimum Gasteiger partial charge on any atom is -0.469 e. The maximum Gasteiger partial charge on any atom is 0.338 e. The smallest absolute Gasteiger partial charge is 0.338 e. The molecule has 0 unspecified atom stereocenters. The summed E-state index contributed by atoms with van der Waals surface area (Å²) in [6, 6.07) is 12.0. The minimum absolute atomic E-state index is 0.265. The minimum atomic E-state index is -0.664. The van der Waals surface area contributed by atoms with E-state index >= 15 is 0 Å². The van der Waals surface area contributed by atoms with Crippen molar-refractivity contribution in [1.82, 2.24) is 9.78 Å². The summed E-state index contributed by atoms with van der Waals surface area (Å²) >= 11 is 0. The van der Waals surface area contributed by atoms with E-state index in [4.69, 9.17) is 9.47 Å². The molecule has 0 spiro atoms. The van der Waals surface area contributed by atoms with Crippen molar-refractivity contribution in [2.75, 3.05) is 19.0 Å². The largest absolute Gasteiger partial charge is 0.469 e. The number of ether oxygens (including phenoxy) is 2. The van der Waals surface area contributed by atoms with Crippen LogP contribution in [-0.4, -0.2) is 41.3 Å². The lowest BCUT2D eigenvalue weighted by Crippen LogP contribution is -2.21. The zero-order valence-corrected chi connectivity index (χ0v) is 18.6. The second kappa shape index (κ2) is 10.5. The molecule has 2 aromatic carbocycles. The van der Waals surface area contributed by atoms with Crippen LogP contribution < -0.4 is 5.32 Å². The Morgan fingerprint density at radius 1 is 1.09 bits per heavy atom. The Kier molecular flexibility index (Phi) is 7.55. The van der Waals surface area contributed by atoms with Crippen LogP contribution in [0.15, 0.2) is 48.5 Å². The molecule has 0 aliphatic heterocycles. The van der Waals surface area contributed by atoms with Crippen LogP contribution in [0.2, 0.25) is 0 Å². The van der Waals surface area contributed by atoms with E-state index in [1.807, 2.05) is 13.8 Å². The first-order valence-corrected chi connectivity index (χ1v) is 10.2. The van der Waals surface area contributed by atoms with Gasteiger partial charge in [-0.05, 0) is 68.3 Å². The highest BCUT2D eigenvalue weighted by Crippen LogP contribution is 2.20. The predicted octanol–water partition coefficient (Wildman–Crippen LogP) is 3.53. The molecule has 0 fully saturated rings. The molecule has 3 aromatic rings. The first-order valence-electron chi connectivity index (χ1n) is 10.2. The summed E-state index contributed by atoms with van der Waals surface area (Å²) in [5.74, 6) is -2.01. The molecule has 0 saturated heterocycles. The summed E-state index contributed by atoms with van der Waals surface area (Å²) in [7, 11) is 1.36. The number of hydrogen-bond acceptors (Lipinski definition) is 6. The number of benzene rings is 2. The molecule has 3 rings (SSSR count). The van der Waals surface area contributed by atoms with Crippen molar-refractivity contribution in [3.63, 3.8) is 0 Å². The number of anilines is 1. The van der Waals surface area contributed by atoms with Gasteiger partial charge in [0.1, 0.15) is 5.82 Å². The van der Waals surface area contributed by atoms with E-state index in [1.165, 1.54) is 25.3 Å². The van der Waals surface area contributed by atoms with Crippen molar-refractivity contribution in [1.29, 1.82) is 0 Å². The standard InChI is InChI=1S/C24H24FN3O5/c1-15-21(11-12-23(30)32-3)16(2)28(27-15)20-9-7-17(8-10-20)24(31)33-14-22(29)26-19-6-4-5-18(25)13-19/h4-10,13H,11-12,14H2,1-3H3,(H,26,29). The topological polar surface area (TPSA) is 99.5 Å². The number of carbonyl (C=O) groups excluding carboxylic acids is 3. The Balaban J connectivity index is 1.61. The van der Waals surface area contributed by atoms with Crippen LogP contribution in [-0.2, 0) is 25.5 Å². The number of nitrogens with zero attached hydrogens (tertiary/aromatic N) is 2. The number of carbonyl (C=O) groups is 3. The molecule has 0 aliphatic carbocycles. The quantitative estimate of drug-likeness (QED) is 0.524. The number of aryl methyl sites for hydroxylation is 1. The van der Waals surface area contributed by atoms with Crippen LogP contribution in [0.4, 0.5) is 10.1 Å². The van der Waals surface area contributed by atoms with Gasteiger partial charge in [0.15, 0.2) is 6.61 Å². The lowest BCUT2D eigenvalue weighted by atomic mass is 10.1. The Hall–Kier alpha value is -4.01. The van der Waals surface area contributed by atoms with Gasteiger partial charge in [-0.1, -0.05) is 6.07 Å². The highest BCUT2D eigenvalue weighted by atomic mass is 19.1. The van der Waals surface area contributed by atoms with Crippen LogP contribution in [0, 0.1) is 19.7 Å². The average molecular weight is 453 g/mol. The number of nitrogens with one attached hydrogen (secondary N) is 1. The van der Waals surface area contributed by atoms with Crippen molar-refractivity contribution in [3.05, 3.63) is 76.9 Å². The Bertz CT molecular complexity index is 1170. The number of esters is 2. The Morgan fingerprint density at radius 3 is 2.48 bits per heavy atom. The third kappa shape index (κ3) is 6.03. The molecular weight excluding hydrogens is 429 g/mol. The van der Waals surface area contributed by atoms with E-state index in [1.54, 1.807) is 28.9 Å². The second-order valence-corrected chi connectivity index (χ2v) is 7.32. The van der Waals surface area contributed by atoms with Gasteiger partial charge in [0.05, 0.1) is 24.1 Å². The van der Waals surface area contributed by atoms with Gasteiger partial charge in [0.2, 0.25) is 0 Å². The lowest BCUT2D eigenvalue weighted by molar-refractivity contribution is -0.140. The third-order valence-electron chi connectivity index (χ3n) is 5.04. The number of halogens is 1. The first kappa shape index (κ1) is 23.6. The van der Waals surface area contributed by atoms with E-state index in [0.29, 0.717) is 6.42 Å². The SMILES string of the molecule is COC(=O)CCc1c(C)nn(-c2ccc(C(=O)OCC(=O)Nc3cccc(F)c3)cc2)c1C. The maximum absolute atomic E-state index is 13.2. The van der Waals surface area contributed by atoms with E-state index in [0.717, 1.165) is 28.7 Å². The molecule has 1 aromatic heterocycles. The van der Waals surface area contributed by atoms with Crippen molar-refractivity contribution < 1.29 is 28.2 Å². The van der Waals surface area contributed by atoms with Crippen molar-refractivity contribution in [3.8, 4) is 5.69 Å². The van der Waals surface area contributed by atoms with Gasteiger partial charge in [-0.2, -0.15) is 5.10 Å². The molecule has 0 radical (unpaired) electrons. The third-order valence-corrected chi connectivity index (χ3v) is 5.04. The normalized spacial score (nSPS) is 10.5. The van der Waals surface area contributed by atoms with Crippen LogP contribution in [0.1, 0.15) is 33.7 Å². The highest BCUT2D eigenvalue weighted by Gasteiger charge is 2.16. The van der Waals surface area contributed by atoms with E-state index < -0.39 is 24.3 Å². The van der Waals surface area contributed by atoms with Gasteiger partial charge < -0.3 is 14.8 Å². The van der Waals surface area contributed by atoms with Gasteiger partial charge in [0.25, 0.3) is 5.91 Å². The Morgan fingerprint density at radius 2 is 1.82 bits per heavy atom. The van der Waals surface area contributed by atoms with E-state index in [9.17, 15) is 18.8 Å². The molecule has 0 aliphatic rings. The summed E-state index contributed by atoms with van der Waals surface area (Å²) in [4.78, 5) is 35.7. The zero-order valence-electron chi connectivity index (χ0n) is 18.6. The van der Waals surface area contributed by atoms with Gasteiger partial charge in [-0.15, -0.1) is 0 Å². The van der Waals surface area contributed by atoms with Gasteiger partial charge in [0, 0.05) is 17.8 Å². The molecule has 172 valence electrons. The number of amides is 1. The van der Waals surface area contributed by atoms with E-state index in [2.05, 4.69) is 10.4 Å². The highest BCUT2D eigenvalue weighted by molar-refractivity contribution is 5.95. The maximum atomic E-state index is 13.2. The first-order chi connectivity index (χ1) is 15.8. The lowest BCUT2D eigenvalue weighted by Gasteiger charge is -2.08. The van der Waals surface area contributed by atoms with Gasteiger partial charge in [-0.3, -0.25) is 9.59 Å². The zero-order chi connectivity index (χ0) is 24.0. The summed E-state index contributed by atoms with van der Waals surface area (Å²) in [6.07, 6.45) is 0.786. The summed E-state index contributed by atoms with van der Waals surface area (Å²) in [5.41, 5.74) is 3.94. The summed E-state index contributed by atoms with van der Waals surface area (Å²) < 4.78 is 24.7. The average Bonchev–Trinajstić information content (AvgIpc) is 3.09. The number of rotatable bonds is 8. The molecule has 8 nitrogen and oxygen atoms in total. The fourth-order valence-electron chi connectivity index (χ4n) is 3.33. The summed E-state index contributed by atoms with van der Waals surface area (Å²) in [6.45, 7) is 3.28. The molecule has 1 N–H and O–H groups in total. The Labute approximate surface area is 190 Å². The van der Waals surface area contributed by atoms with Gasteiger partial charge >= 0.3 is 11.9 Å².